The van der Waals surface area contributed by atoms with E-state index in [0.717, 1.165) is 12.3 Å². The zero-order valence-electron chi connectivity index (χ0n) is 13.3. The summed E-state index contributed by atoms with van der Waals surface area (Å²) in [5.41, 5.74) is 1.46. The molecule has 3 unspecified atom stereocenters. The Kier molecular flexibility index (Phi) is 6.06. The monoisotopic (exact) mass is 274 g/mol. The van der Waals surface area contributed by atoms with Gasteiger partial charge in [0.25, 0.3) is 0 Å². The fraction of sp³-hybridized carbons (Fsp3) is 0.667. The molecule has 1 aromatic rings. The van der Waals surface area contributed by atoms with E-state index in [1.165, 1.54) is 38.0 Å². The number of nitrogens with zero attached hydrogens (tertiary/aromatic N) is 1. The van der Waals surface area contributed by atoms with Crippen molar-refractivity contribution in [3.8, 4) is 0 Å². The quantitative estimate of drug-likeness (QED) is 0.886. The Bertz CT molecular complexity index is 376. The average Bonchev–Trinajstić information content (AvgIpc) is 2.73. The third-order valence-electron chi connectivity index (χ3n) is 4.79. The maximum atomic E-state index is 3.74. The SMILES string of the molecule is CCC(C)C1CN(C(C)Cc2ccccc2)CCCN1. The summed E-state index contributed by atoms with van der Waals surface area (Å²) in [4.78, 5) is 2.68. The molecule has 112 valence electrons. The molecule has 2 heteroatoms. The zero-order valence-corrected chi connectivity index (χ0v) is 13.3. The first-order valence-electron chi connectivity index (χ1n) is 8.22. The first-order valence-corrected chi connectivity index (χ1v) is 8.22. The van der Waals surface area contributed by atoms with Crippen LogP contribution in [0.3, 0.4) is 0 Å². The zero-order chi connectivity index (χ0) is 14.4. The van der Waals surface area contributed by atoms with Gasteiger partial charge >= 0.3 is 0 Å². The molecule has 1 fully saturated rings. The maximum absolute atomic E-state index is 3.74. The van der Waals surface area contributed by atoms with Crippen molar-refractivity contribution in [1.29, 1.82) is 0 Å². The summed E-state index contributed by atoms with van der Waals surface area (Å²) < 4.78 is 0. The Morgan fingerprint density at radius 2 is 2.00 bits per heavy atom. The first kappa shape index (κ1) is 15.5. The highest BCUT2D eigenvalue weighted by atomic mass is 15.2. The van der Waals surface area contributed by atoms with Crippen LogP contribution in [0.25, 0.3) is 0 Å². The number of hydrogen-bond donors (Lipinski definition) is 1. The molecule has 0 aromatic heterocycles. The molecule has 1 N–H and O–H groups in total. The third-order valence-corrected chi connectivity index (χ3v) is 4.79. The normalized spacial score (nSPS) is 24.1. The Hall–Kier alpha value is -0.860. The van der Waals surface area contributed by atoms with Crippen LogP contribution in [0, 0.1) is 5.92 Å². The summed E-state index contributed by atoms with van der Waals surface area (Å²) in [7, 11) is 0. The van der Waals surface area contributed by atoms with Gasteiger partial charge < -0.3 is 5.32 Å². The van der Waals surface area contributed by atoms with E-state index in [1.807, 2.05) is 0 Å². The van der Waals surface area contributed by atoms with E-state index in [1.54, 1.807) is 0 Å². The van der Waals surface area contributed by atoms with Crippen LogP contribution < -0.4 is 5.32 Å². The predicted octanol–water partition coefficient (Wildman–Crippen LogP) is 3.33. The molecular formula is C18H30N2. The van der Waals surface area contributed by atoms with Crippen molar-refractivity contribution < 1.29 is 0 Å². The Balaban J connectivity index is 1.95. The van der Waals surface area contributed by atoms with Crippen LogP contribution in [-0.2, 0) is 6.42 Å². The summed E-state index contributed by atoms with van der Waals surface area (Å²) in [5.74, 6) is 0.763. The van der Waals surface area contributed by atoms with Gasteiger partial charge in [0.15, 0.2) is 0 Å². The van der Waals surface area contributed by atoms with E-state index in [0.29, 0.717) is 12.1 Å². The van der Waals surface area contributed by atoms with Gasteiger partial charge in [-0.15, -0.1) is 0 Å². The van der Waals surface area contributed by atoms with E-state index in [-0.39, 0.29) is 0 Å². The van der Waals surface area contributed by atoms with E-state index in [4.69, 9.17) is 0 Å². The van der Waals surface area contributed by atoms with Gasteiger partial charge in [-0.2, -0.15) is 0 Å². The second-order valence-electron chi connectivity index (χ2n) is 6.33. The van der Waals surface area contributed by atoms with Gasteiger partial charge in [-0.1, -0.05) is 50.6 Å². The second kappa shape index (κ2) is 7.80. The summed E-state index contributed by atoms with van der Waals surface area (Å²) in [5, 5.41) is 3.74. The predicted molar refractivity (Wildman–Crippen MR) is 87.0 cm³/mol. The van der Waals surface area contributed by atoms with Gasteiger partial charge in [-0.3, -0.25) is 4.90 Å². The molecule has 1 aliphatic rings. The van der Waals surface area contributed by atoms with E-state index in [2.05, 4.69) is 61.3 Å². The molecule has 3 atom stereocenters. The molecule has 1 heterocycles. The van der Waals surface area contributed by atoms with Crippen LogP contribution in [0.15, 0.2) is 30.3 Å². The van der Waals surface area contributed by atoms with Crippen molar-refractivity contribution in [3.05, 3.63) is 35.9 Å². The maximum Gasteiger partial charge on any atom is 0.0220 e. The van der Waals surface area contributed by atoms with Crippen LogP contribution in [0.1, 0.15) is 39.2 Å². The number of rotatable bonds is 5. The first-order chi connectivity index (χ1) is 9.70. The van der Waals surface area contributed by atoms with Crippen molar-refractivity contribution in [1.82, 2.24) is 10.2 Å². The Labute approximate surface area is 124 Å². The molecule has 1 aliphatic heterocycles. The minimum Gasteiger partial charge on any atom is -0.312 e. The van der Waals surface area contributed by atoms with Crippen molar-refractivity contribution in [2.24, 2.45) is 5.92 Å². The minimum atomic E-state index is 0.629. The molecule has 0 spiro atoms. The standard InChI is InChI=1S/C18H30N2/c1-4-15(2)18-14-20(12-8-11-19-18)16(3)13-17-9-6-5-7-10-17/h5-7,9-10,15-16,18-19H,4,8,11-14H2,1-3H3. The molecule has 0 amide bonds. The van der Waals surface area contributed by atoms with Gasteiger partial charge in [0.05, 0.1) is 0 Å². The summed E-state index contributed by atoms with van der Waals surface area (Å²) >= 11 is 0. The molecule has 0 aliphatic carbocycles. The summed E-state index contributed by atoms with van der Waals surface area (Å²) in [6, 6.07) is 12.2. The van der Waals surface area contributed by atoms with Crippen LogP contribution in [0.5, 0.6) is 0 Å². The highest BCUT2D eigenvalue weighted by molar-refractivity contribution is 5.15. The summed E-state index contributed by atoms with van der Waals surface area (Å²) in [6.45, 7) is 10.7. The van der Waals surface area contributed by atoms with Gasteiger partial charge in [-0.25, -0.2) is 0 Å². The number of nitrogens with one attached hydrogen (secondary N) is 1. The Morgan fingerprint density at radius 1 is 1.25 bits per heavy atom. The van der Waals surface area contributed by atoms with Crippen molar-refractivity contribution in [2.45, 2.75) is 52.1 Å². The van der Waals surface area contributed by atoms with E-state index < -0.39 is 0 Å². The van der Waals surface area contributed by atoms with Crippen molar-refractivity contribution in [2.75, 3.05) is 19.6 Å². The summed E-state index contributed by atoms with van der Waals surface area (Å²) in [6.07, 6.45) is 3.69. The van der Waals surface area contributed by atoms with E-state index >= 15 is 0 Å². The highest BCUT2D eigenvalue weighted by Crippen LogP contribution is 2.16. The molecule has 20 heavy (non-hydrogen) atoms. The van der Waals surface area contributed by atoms with Crippen molar-refractivity contribution in [3.63, 3.8) is 0 Å². The van der Waals surface area contributed by atoms with Gasteiger partial charge in [-0.05, 0) is 44.3 Å². The lowest BCUT2D eigenvalue weighted by atomic mass is 9.98. The lowest BCUT2D eigenvalue weighted by molar-refractivity contribution is 0.186. The van der Waals surface area contributed by atoms with E-state index in [9.17, 15) is 0 Å². The molecule has 1 aromatic carbocycles. The second-order valence-corrected chi connectivity index (χ2v) is 6.33. The average molecular weight is 274 g/mol. The smallest absolute Gasteiger partial charge is 0.0220 e. The largest absolute Gasteiger partial charge is 0.312 e. The topological polar surface area (TPSA) is 15.3 Å². The molecular weight excluding hydrogens is 244 g/mol. The highest BCUT2D eigenvalue weighted by Gasteiger charge is 2.24. The Morgan fingerprint density at radius 3 is 2.70 bits per heavy atom. The fourth-order valence-corrected chi connectivity index (χ4v) is 3.13. The fourth-order valence-electron chi connectivity index (χ4n) is 3.13. The molecule has 2 nitrogen and oxygen atoms in total. The molecule has 1 saturated heterocycles. The van der Waals surface area contributed by atoms with Crippen LogP contribution >= 0.6 is 0 Å². The molecule has 2 rings (SSSR count). The lowest BCUT2D eigenvalue weighted by Gasteiger charge is -2.32. The van der Waals surface area contributed by atoms with Crippen LogP contribution in [0.2, 0.25) is 0 Å². The minimum absolute atomic E-state index is 0.629. The number of hydrogen-bond acceptors (Lipinski definition) is 2. The molecule has 0 radical (unpaired) electrons. The third kappa shape index (κ3) is 4.32. The van der Waals surface area contributed by atoms with Gasteiger partial charge in [0, 0.05) is 18.6 Å². The van der Waals surface area contributed by atoms with Gasteiger partial charge in [0.2, 0.25) is 0 Å². The van der Waals surface area contributed by atoms with Crippen LogP contribution in [0.4, 0.5) is 0 Å². The van der Waals surface area contributed by atoms with Crippen molar-refractivity contribution >= 4 is 0 Å². The molecule has 0 bridgehead atoms. The number of benzene rings is 1. The van der Waals surface area contributed by atoms with Gasteiger partial charge in [0.1, 0.15) is 0 Å². The van der Waals surface area contributed by atoms with Crippen LogP contribution in [-0.4, -0.2) is 36.6 Å². The lowest BCUT2D eigenvalue weighted by Crippen LogP contribution is -2.45. The molecule has 0 saturated carbocycles.